The number of allylic oxidation sites excluding steroid dienone is 6. The normalized spacial score (nSPS) is 21.3. The Morgan fingerprint density at radius 3 is 0.611 bits per heavy atom. The van der Waals surface area contributed by atoms with Crippen LogP contribution in [0.2, 0.25) is 0 Å². The van der Waals surface area contributed by atoms with Gasteiger partial charge < -0.3 is 0 Å². The van der Waals surface area contributed by atoms with Gasteiger partial charge >= 0.3 is 0 Å². The van der Waals surface area contributed by atoms with Crippen molar-refractivity contribution in [1.29, 1.82) is 0 Å². The summed E-state index contributed by atoms with van der Waals surface area (Å²) < 4.78 is 0. The molecule has 0 atom stereocenters. The highest BCUT2D eigenvalue weighted by molar-refractivity contribution is 4.86. The fourth-order valence-electron chi connectivity index (χ4n) is 2.28. The highest BCUT2D eigenvalue weighted by Gasteiger charge is 1.88. The first-order valence-corrected chi connectivity index (χ1v) is 7.95. The van der Waals surface area contributed by atoms with Gasteiger partial charge in [-0.3, -0.25) is 0 Å². The maximum atomic E-state index is 2.38. The largest absolute Gasteiger partial charge is 0.0885 e. The summed E-state index contributed by atoms with van der Waals surface area (Å²) in [5.41, 5.74) is 0. The fraction of sp³-hybridized carbons (Fsp3) is 0.667. The average Bonchev–Trinajstić information content (AvgIpc) is 2.39. The van der Waals surface area contributed by atoms with Gasteiger partial charge in [0.15, 0.2) is 0 Å². The molecule has 0 aromatic heterocycles. The summed E-state index contributed by atoms with van der Waals surface area (Å²) in [7, 11) is 0. The maximum Gasteiger partial charge on any atom is -0.0351 e. The van der Waals surface area contributed by atoms with E-state index >= 15 is 0 Å². The van der Waals surface area contributed by atoms with Crippen LogP contribution < -0.4 is 0 Å². The highest BCUT2D eigenvalue weighted by Crippen LogP contribution is 2.08. The van der Waals surface area contributed by atoms with Crippen molar-refractivity contribution in [2.45, 2.75) is 77.0 Å². The Kier molecular flexibility index (Phi) is 10.8. The van der Waals surface area contributed by atoms with Crippen LogP contribution in [0.5, 0.6) is 0 Å². The van der Waals surface area contributed by atoms with Gasteiger partial charge in [-0.05, 0) is 77.0 Å². The van der Waals surface area contributed by atoms with Gasteiger partial charge in [-0.1, -0.05) is 36.5 Å². The van der Waals surface area contributed by atoms with Crippen molar-refractivity contribution < 1.29 is 0 Å². The van der Waals surface area contributed by atoms with Crippen molar-refractivity contribution in [3.63, 3.8) is 0 Å². The zero-order valence-corrected chi connectivity index (χ0v) is 11.9. The first-order chi connectivity index (χ1) is 9.00. The third-order valence-electron chi connectivity index (χ3n) is 3.47. The molecule has 0 aliphatic heterocycles. The van der Waals surface area contributed by atoms with E-state index in [-0.39, 0.29) is 0 Å². The second-order valence-corrected chi connectivity index (χ2v) is 5.27. The summed E-state index contributed by atoms with van der Waals surface area (Å²) in [6, 6.07) is 0. The van der Waals surface area contributed by atoms with Crippen molar-refractivity contribution in [2.75, 3.05) is 0 Å². The van der Waals surface area contributed by atoms with Crippen molar-refractivity contribution in [1.82, 2.24) is 0 Å². The molecule has 0 nitrogen and oxygen atoms in total. The molecule has 0 aromatic rings. The summed E-state index contributed by atoms with van der Waals surface area (Å²) >= 11 is 0. The third kappa shape index (κ3) is 10.4. The van der Waals surface area contributed by atoms with E-state index in [4.69, 9.17) is 0 Å². The second kappa shape index (κ2) is 12.7. The smallest absolute Gasteiger partial charge is 0.0351 e. The van der Waals surface area contributed by atoms with Crippen molar-refractivity contribution >= 4 is 0 Å². The highest BCUT2D eigenvalue weighted by atomic mass is 13.9. The molecule has 0 spiro atoms. The first kappa shape index (κ1) is 15.3. The molecule has 0 heteroatoms. The molecule has 18 heavy (non-hydrogen) atoms. The second-order valence-electron chi connectivity index (χ2n) is 5.27. The predicted molar refractivity (Wildman–Crippen MR) is 82.8 cm³/mol. The van der Waals surface area contributed by atoms with E-state index in [1.807, 2.05) is 0 Å². The van der Waals surface area contributed by atoms with Crippen LogP contribution in [0.4, 0.5) is 0 Å². The minimum atomic E-state index is 1.27. The van der Waals surface area contributed by atoms with Crippen LogP contribution in [-0.4, -0.2) is 0 Å². The zero-order valence-electron chi connectivity index (χ0n) is 11.9. The van der Waals surface area contributed by atoms with Crippen molar-refractivity contribution in [3.8, 4) is 0 Å². The topological polar surface area (TPSA) is 0 Å². The average molecular weight is 246 g/mol. The van der Waals surface area contributed by atoms with E-state index in [0.717, 1.165) is 0 Å². The molecule has 0 bridgehead atoms. The van der Waals surface area contributed by atoms with E-state index in [2.05, 4.69) is 36.5 Å². The molecule has 102 valence electrons. The molecule has 0 N–H and O–H groups in total. The quantitative estimate of drug-likeness (QED) is 0.437. The molecule has 0 radical (unpaired) electrons. The fourth-order valence-corrected chi connectivity index (χ4v) is 2.28. The Morgan fingerprint density at radius 1 is 0.278 bits per heavy atom. The third-order valence-corrected chi connectivity index (χ3v) is 3.47. The van der Waals surface area contributed by atoms with E-state index in [9.17, 15) is 0 Å². The number of rotatable bonds is 0. The molecular weight excluding hydrogens is 216 g/mol. The molecule has 0 amide bonds. The molecular formula is C18H30. The minimum Gasteiger partial charge on any atom is -0.0885 e. The molecule has 0 saturated heterocycles. The lowest BCUT2D eigenvalue weighted by Gasteiger charge is -1.97. The van der Waals surface area contributed by atoms with Crippen LogP contribution in [0.3, 0.4) is 0 Å². The molecule has 1 rings (SSSR count). The van der Waals surface area contributed by atoms with E-state index in [1.54, 1.807) is 0 Å². The van der Waals surface area contributed by atoms with E-state index < -0.39 is 0 Å². The van der Waals surface area contributed by atoms with E-state index in [0.29, 0.717) is 0 Å². The Balaban J connectivity index is 2.19. The van der Waals surface area contributed by atoms with Gasteiger partial charge in [0.25, 0.3) is 0 Å². The predicted octanol–water partition coefficient (Wildman–Crippen LogP) is 6.35. The number of hydrogen-bond acceptors (Lipinski definition) is 0. The van der Waals surface area contributed by atoms with Crippen LogP contribution in [0, 0.1) is 0 Å². The molecule has 0 unspecified atom stereocenters. The lowest BCUT2D eigenvalue weighted by atomic mass is 10.1. The summed E-state index contributed by atoms with van der Waals surface area (Å²) in [6.45, 7) is 0. The molecule has 0 saturated carbocycles. The van der Waals surface area contributed by atoms with Crippen LogP contribution in [-0.2, 0) is 0 Å². The van der Waals surface area contributed by atoms with Gasteiger partial charge in [0.05, 0.1) is 0 Å². The Labute approximate surface area is 114 Å². The standard InChI is InChI=1S/C18H30/c1-2-4-6-8-10-12-14-16-18-17-15-13-11-9-7-5-3-1/h1-2,11-14H,3-10,15-18H2. The lowest BCUT2D eigenvalue weighted by molar-refractivity contribution is 0.730. The van der Waals surface area contributed by atoms with Gasteiger partial charge in [0.1, 0.15) is 0 Å². The summed E-state index contributed by atoms with van der Waals surface area (Å²) in [6.07, 6.45) is 30.0. The van der Waals surface area contributed by atoms with Crippen LogP contribution >= 0.6 is 0 Å². The van der Waals surface area contributed by atoms with Gasteiger partial charge in [-0.2, -0.15) is 0 Å². The molecule has 1 aliphatic carbocycles. The van der Waals surface area contributed by atoms with Crippen LogP contribution in [0.25, 0.3) is 0 Å². The summed E-state index contributed by atoms with van der Waals surface area (Å²) in [5.74, 6) is 0. The van der Waals surface area contributed by atoms with Gasteiger partial charge in [-0.25, -0.2) is 0 Å². The van der Waals surface area contributed by atoms with Gasteiger partial charge in [-0.15, -0.1) is 0 Å². The minimum absolute atomic E-state index is 1.27. The Bertz CT molecular complexity index is 178. The van der Waals surface area contributed by atoms with E-state index in [1.165, 1.54) is 77.0 Å². The molecule has 1 aliphatic rings. The van der Waals surface area contributed by atoms with Crippen LogP contribution in [0.1, 0.15) is 77.0 Å². The molecule has 0 aromatic carbocycles. The monoisotopic (exact) mass is 246 g/mol. The molecule has 0 heterocycles. The SMILES string of the molecule is C1=CCCCCC=CCCCCC=CCCCC1. The first-order valence-electron chi connectivity index (χ1n) is 7.95. The Hall–Kier alpha value is -0.780. The van der Waals surface area contributed by atoms with Crippen molar-refractivity contribution in [2.24, 2.45) is 0 Å². The zero-order chi connectivity index (χ0) is 12.7. The summed E-state index contributed by atoms with van der Waals surface area (Å²) in [4.78, 5) is 0. The van der Waals surface area contributed by atoms with Gasteiger partial charge in [0, 0.05) is 0 Å². The van der Waals surface area contributed by atoms with Crippen LogP contribution in [0.15, 0.2) is 36.5 Å². The number of hydrogen-bond donors (Lipinski definition) is 0. The Morgan fingerprint density at radius 2 is 0.444 bits per heavy atom. The molecule has 0 fully saturated rings. The van der Waals surface area contributed by atoms with Gasteiger partial charge in [0.2, 0.25) is 0 Å². The maximum absolute atomic E-state index is 2.38. The van der Waals surface area contributed by atoms with Crippen molar-refractivity contribution in [3.05, 3.63) is 36.5 Å². The summed E-state index contributed by atoms with van der Waals surface area (Å²) in [5, 5.41) is 0. The lowest BCUT2D eigenvalue weighted by Crippen LogP contribution is -1.77.